The van der Waals surface area contributed by atoms with Gasteiger partial charge in [0.15, 0.2) is 0 Å². The highest BCUT2D eigenvalue weighted by Gasteiger charge is 2.00. The second kappa shape index (κ2) is 4.59. The number of aromatic nitrogens is 2. The molecule has 15 heavy (non-hydrogen) atoms. The van der Waals surface area contributed by atoms with Crippen molar-refractivity contribution in [1.29, 1.82) is 0 Å². The number of imidazole rings is 1. The molecule has 1 heterocycles. The van der Waals surface area contributed by atoms with Gasteiger partial charge in [-0.1, -0.05) is 34.1 Å². The normalized spacial score (nSPS) is 10.5. The highest BCUT2D eigenvalue weighted by molar-refractivity contribution is 9.10. The molecule has 0 saturated heterocycles. The van der Waals surface area contributed by atoms with Crippen molar-refractivity contribution in [2.75, 3.05) is 0 Å². The third-order valence-corrected chi connectivity index (χ3v) is 2.98. The van der Waals surface area contributed by atoms with E-state index in [4.69, 9.17) is 5.73 Å². The summed E-state index contributed by atoms with van der Waals surface area (Å²) in [6.07, 6.45) is 3.78. The Morgan fingerprint density at radius 1 is 1.33 bits per heavy atom. The van der Waals surface area contributed by atoms with Gasteiger partial charge in [-0.05, 0) is 11.6 Å². The number of nitrogens with two attached hydrogens (primary N) is 1. The first kappa shape index (κ1) is 10.4. The van der Waals surface area contributed by atoms with Crippen molar-refractivity contribution in [3.05, 3.63) is 52.5 Å². The van der Waals surface area contributed by atoms with Gasteiger partial charge in [0.2, 0.25) is 0 Å². The van der Waals surface area contributed by atoms with E-state index in [1.54, 1.807) is 0 Å². The van der Waals surface area contributed by atoms with E-state index in [-0.39, 0.29) is 0 Å². The van der Waals surface area contributed by atoms with E-state index in [1.165, 1.54) is 5.56 Å². The lowest BCUT2D eigenvalue weighted by atomic mass is 10.2. The molecule has 2 aromatic rings. The lowest BCUT2D eigenvalue weighted by molar-refractivity contribution is 0.793. The van der Waals surface area contributed by atoms with Crippen LogP contribution >= 0.6 is 15.9 Å². The Morgan fingerprint density at radius 3 is 2.80 bits per heavy atom. The molecule has 0 unspecified atom stereocenters. The summed E-state index contributed by atoms with van der Waals surface area (Å²) in [5.41, 5.74) is 7.65. The molecule has 78 valence electrons. The monoisotopic (exact) mass is 265 g/mol. The Labute approximate surface area is 97.1 Å². The van der Waals surface area contributed by atoms with Gasteiger partial charge in [0.25, 0.3) is 0 Å². The molecule has 1 aromatic carbocycles. The third kappa shape index (κ3) is 2.46. The van der Waals surface area contributed by atoms with Crippen molar-refractivity contribution in [3.8, 4) is 0 Å². The van der Waals surface area contributed by atoms with Crippen molar-refractivity contribution in [3.63, 3.8) is 0 Å². The van der Waals surface area contributed by atoms with E-state index in [0.29, 0.717) is 6.54 Å². The minimum atomic E-state index is 0.489. The van der Waals surface area contributed by atoms with Gasteiger partial charge in [-0.25, -0.2) is 4.98 Å². The van der Waals surface area contributed by atoms with Gasteiger partial charge in [0.05, 0.1) is 12.0 Å². The van der Waals surface area contributed by atoms with Gasteiger partial charge in [-0.3, -0.25) is 0 Å². The Morgan fingerprint density at radius 2 is 2.13 bits per heavy atom. The molecule has 0 fully saturated rings. The maximum atomic E-state index is 5.50. The van der Waals surface area contributed by atoms with Crippen molar-refractivity contribution in [1.82, 2.24) is 9.55 Å². The summed E-state index contributed by atoms with van der Waals surface area (Å²) in [4.78, 5) is 4.18. The highest BCUT2D eigenvalue weighted by atomic mass is 79.9. The predicted octanol–water partition coefficient (Wildman–Crippen LogP) is 2.15. The maximum Gasteiger partial charge on any atom is 0.0953 e. The first-order chi connectivity index (χ1) is 7.29. The van der Waals surface area contributed by atoms with Crippen LogP contribution in [0.2, 0.25) is 0 Å². The molecule has 1 aromatic heterocycles. The molecule has 0 saturated carbocycles. The van der Waals surface area contributed by atoms with E-state index >= 15 is 0 Å². The van der Waals surface area contributed by atoms with Gasteiger partial charge in [0.1, 0.15) is 0 Å². The molecular formula is C11H12BrN3. The summed E-state index contributed by atoms with van der Waals surface area (Å²) in [5, 5.41) is 0. The number of halogens is 1. The second-order valence-electron chi connectivity index (χ2n) is 3.33. The van der Waals surface area contributed by atoms with E-state index in [0.717, 1.165) is 16.7 Å². The Balaban J connectivity index is 2.18. The Hall–Kier alpha value is -1.13. The lowest BCUT2D eigenvalue weighted by Gasteiger charge is -2.04. The summed E-state index contributed by atoms with van der Waals surface area (Å²) in [6.45, 7) is 1.30. The van der Waals surface area contributed by atoms with Crippen LogP contribution in [0.5, 0.6) is 0 Å². The van der Waals surface area contributed by atoms with Crippen LogP contribution in [0.4, 0.5) is 0 Å². The third-order valence-electron chi connectivity index (χ3n) is 2.21. The largest absolute Gasteiger partial charge is 0.333 e. The van der Waals surface area contributed by atoms with Crippen molar-refractivity contribution < 1.29 is 0 Å². The van der Waals surface area contributed by atoms with Gasteiger partial charge >= 0.3 is 0 Å². The maximum absolute atomic E-state index is 5.50. The molecule has 0 atom stereocenters. The zero-order valence-corrected chi connectivity index (χ0v) is 9.81. The summed E-state index contributed by atoms with van der Waals surface area (Å²) in [7, 11) is 0. The molecule has 0 amide bonds. The molecule has 2 N–H and O–H groups in total. The van der Waals surface area contributed by atoms with Crippen LogP contribution in [0.15, 0.2) is 41.3 Å². The Bertz CT molecular complexity index is 451. The van der Waals surface area contributed by atoms with Crippen molar-refractivity contribution in [2.24, 2.45) is 5.73 Å². The van der Waals surface area contributed by atoms with E-state index in [1.807, 2.05) is 35.3 Å². The molecule has 0 spiro atoms. The molecule has 0 aliphatic rings. The van der Waals surface area contributed by atoms with Crippen LogP contribution in [0.3, 0.4) is 0 Å². The topological polar surface area (TPSA) is 43.8 Å². The molecule has 0 aliphatic heterocycles. The van der Waals surface area contributed by atoms with Gasteiger partial charge in [0, 0.05) is 23.8 Å². The van der Waals surface area contributed by atoms with Gasteiger partial charge in [-0.2, -0.15) is 0 Å². The fourth-order valence-corrected chi connectivity index (χ4v) is 1.83. The zero-order valence-electron chi connectivity index (χ0n) is 8.23. The average molecular weight is 266 g/mol. The number of benzene rings is 1. The molecular weight excluding hydrogens is 254 g/mol. The molecule has 3 nitrogen and oxygen atoms in total. The minimum Gasteiger partial charge on any atom is -0.333 e. The molecule has 0 radical (unpaired) electrons. The standard InChI is InChI=1S/C11H12BrN3/c12-11-4-2-1-3-9(11)6-15-7-10(5-13)14-8-15/h1-4,7-8H,5-6,13H2. The van der Waals surface area contributed by atoms with E-state index in [2.05, 4.69) is 27.0 Å². The summed E-state index contributed by atoms with van der Waals surface area (Å²) < 4.78 is 3.15. The number of hydrogen-bond acceptors (Lipinski definition) is 2. The summed E-state index contributed by atoms with van der Waals surface area (Å²) in [5.74, 6) is 0. The van der Waals surface area contributed by atoms with Crippen molar-refractivity contribution >= 4 is 15.9 Å². The number of hydrogen-bond donors (Lipinski definition) is 1. The smallest absolute Gasteiger partial charge is 0.0953 e. The van der Waals surface area contributed by atoms with Crippen LogP contribution in [0, 0.1) is 0 Å². The summed E-state index contributed by atoms with van der Waals surface area (Å²) >= 11 is 3.52. The van der Waals surface area contributed by atoms with Crippen LogP contribution in [-0.4, -0.2) is 9.55 Å². The first-order valence-corrected chi connectivity index (χ1v) is 5.53. The van der Waals surface area contributed by atoms with E-state index in [9.17, 15) is 0 Å². The highest BCUT2D eigenvalue weighted by Crippen LogP contribution is 2.16. The van der Waals surface area contributed by atoms with E-state index < -0.39 is 0 Å². The Kier molecular flexibility index (Phi) is 3.18. The fourth-order valence-electron chi connectivity index (χ4n) is 1.42. The number of nitrogens with zero attached hydrogens (tertiary/aromatic N) is 2. The lowest BCUT2D eigenvalue weighted by Crippen LogP contribution is -1.98. The van der Waals surface area contributed by atoms with Gasteiger partial charge in [-0.15, -0.1) is 0 Å². The van der Waals surface area contributed by atoms with Crippen LogP contribution < -0.4 is 5.73 Å². The zero-order chi connectivity index (χ0) is 10.7. The minimum absolute atomic E-state index is 0.489. The quantitative estimate of drug-likeness (QED) is 0.925. The van der Waals surface area contributed by atoms with Crippen LogP contribution in [0.1, 0.15) is 11.3 Å². The molecule has 0 aliphatic carbocycles. The molecule has 4 heteroatoms. The van der Waals surface area contributed by atoms with Crippen LogP contribution in [-0.2, 0) is 13.1 Å². The molecule has 0 bridgehead atoms. The van der Waals surface area contributed by atoms with Gasteiger partial charge < -0.3 is 10.3 Å². The SMILES string of the molecule is NCc1cn(Cc2ccccc2Br)cn1. The first-order valence-electron chi connectivity index (χ1n) is 4.73. The molecule has 2 rings (SSSR count). The van der Waals surface area contributed by atoms with Crippen LogP contribution in [0.25, 0.3) is 0 Å². The second-order valence-corrected chi connectivity index (χ2v) is 4.19. The predicted molar refractivity (Wildman–Crippen MR) is 63.4 cm³/mol. The fraction of sp³-hybridized carbons (Fsp3) is 0.182. The average Bonchev–Trinajstić information content (AvgIpc) is 2.69. The summed E-state index contributed by atoms with van der Waals surface area (Å²) in [6, 6.07) is 8.16. The van der Waals surface area contributed by atoms with Crippen molar-refractivity contribution in [2.45, 2.75) is 13.1 Å². The number of rotatable bonds is 3.